The molecule has 2 aromatic carbocycles. The normalized spacial score (nSPS) is 15.7. The van der Waals surface area contributed by atoms with Crippen molar-refractivity contribution in [3.8, 4) is 0 Å². The maximum Gasteiger partial charge on any atom is 0.228 e. The van der Waals surface area contributed by atoms with Crippen molar-refractivity contribution in [1.82, 2.24) is 0 Å². The average Bonchev–Trinajstić information content (AvgIpc) is 2.49. The van der Waals surface area contributed by atoms with Crippen LogP contribution in [0.15, 0.2) is 47.4 Å². The van der Waals surface area contributed by atoms with E-state index in [2.05, 4.69) is 5.32 Å². The summed E-state index contributed by atoms with van der Waals surface area (Å²) in [6.07, 6.45) is 1.64. The lowest BCUT2D eigenvalue weighted by atomic mass is 10.0. The Balaban J connectivity index is 1.73. The zero-order valence-corrected chi connectivity index (χ0v) is 13.8. The molecule has 0 saturated heterocycles. The molecule has 0 saturated carbocycles. The Morgan fingerprint density at radius 1 is 1.13 bits per heavy atom. The van der Waals surface area contributed by atoms with Crippen molar-refractivity contribution in [1.29, 1.82) is 0 Å². The maximum absolute atomic E-state index is 12.1. The fourth-order valence-corrected chi connectivity index (χ4v) is 4.41. The fraction of sp³-hybridized carbons (Fsp3) is 0.278. The van der Waals surface area contributed by atoms with Crippen LogP contribution in [0.1, 0.15) is 23.1 Å². The molecule has 0 aliphatic carbocycles. The van der Waals surface area contributed by atoms with E-state index < -0.39 is 9.84 Å². The monoisotopic (exact) mass is 329 g/mol. The van der Waals surface area contributed by atoms with Gasteiger partial charge in [-0.1, -0.05) is 29.8 Å². The SMILES string of the molecule is Cc1ccc(NC(=O)Cc2ccc3c(c2)CCCS3(=O)=O)cc1. The van der Waals surface area contributed by atoms with E-state index in [1.807, 2.05) is 37.3 Å². The predicted octanol–water partition coefficient (Wildman–Crippen LogP) is 2.90. The Kier molecular flexibility index (Phi) is 4.22. The van der Waals surface area contributed by atoms with Gasteiger partial charge >= 0.3 is 0 Å². The number of rotatable bonds is 3. The van der Waals surface area contributed by atoms with E-state index in [9.17, 15) is 13.2 Å². The number of carbonyl (C=O) groups excluding carboxylic acids is 1. The third-order valence-corrected chi connectivity index (χ3v) is 5.91. The summed E-state index contributed by atoms with van der Waals surface area (Å²) in [6, 6.07) is 12.8. The molecule has 0 bridgehead atoms. The second-order valence-electron chi connectivity index (χ2n) is 5.96. The molecule has 1 N–H and O–H groups in total. The lowest BCUT2D eigenvalue weighted by molar-refractivity contribution is -0.115. The molecule has 0 spiro atoms. The van der Waals surface area contributed by atoms with Crippen LogP contribution in [0.4, 0.5) is 5.69 Å². The van der Waals surface area contributed by atoms with Gasteiger partial charge in [-0.25, -0.2) is 8.42 Å². The zero-order valence-electron chi connectivity index (χ0n) is 13.0. The molecule has 4 nitrogen and oxygen atoms in total. The molecule has 1 heterocycles. The third-order valence-electron chi connectivity index (χ3n) is 4.02. The van der Waals surface area contributed by atoms with Gasteiger partial charge < -0.3 is 5.32 Å². The van der Waals surface area contributed by atoms with Crippen LogP contribution in [0.3, 0.4) is 0 Å². The first kappa shape index (κ1) is 15.7. The first-order valence-corrected chi connectivity index (χ1v) is 9.30. The van der Waals surface area contributed by atoms with Crippen molar-refractivity contribution in [2.75, 3.05) is 11.1 Å². The number of anilines is 1. The van der Waals surface area contributed by atoms with E-state index >= 15 is 0 Å². The molecule has 0 unspecified atom stereocenters. The van der Waals surface area contributed by atoms with Gasteiger partial charge in [0.15, 0.2) is 9.84 Å². The molecule has 3 rings (SSSR count). The van der Waals surface area contributed by atoms with E-state index in [0.29, 0.717) is 11.3 Å². The van der Waals surface area contributed by atoms with Crippen molar-refractivity contribution in [2.24, 2.45) is 0 Å². The second-order valence-corrected chi connectivity index (χ2v) is 8.03. The van der Waals surface area contributed by atoms with Crippen molar-refractivity contribution >= 4 is 21.4 Å². The number of aryl methyl sites for hydroxylation is 2. The summed E-state index contributed by atoms with van der Waals surface area (Å²) in [5.74, 6) is 0.111. The number of benzene rings is 2. The van der Waals surface area contributed by atoms with Crippen LogP contribution >= 0.6 is 0 Å². The number of carbonyl (C=O) groups is 1. The summed E-state index contributed by atoms with van der Waals surface area (Å²) < 4.78 is 24.0. The molecule has 1 amide bonds. The molecule has 0 atom stereocenters. The molecule has 1 aliphatic rings. The van der Waals surface area contributed by atoms with Gasteiger partial charge in [-0.3, -0.25) is 4.79 Å². The molecular weight excluding hydrogens is 310 g/mol. The first-order chi connectivity index (χ1) is 10.9. The minimum Gasteiger partial charge on any atom is -0.326 e. The molecule has 120 valence electrons. The van der Waals surface area contributed by atoms with Gasteiger partial charge in [-0.05, 0) is 49.1 Å². The fourth-order valence-electron chi connectivity index (χ4n) is 2.83. The van der Waals surface area contributed by atoms with Gasteiger partial charge in [0.25, 0.3) is 0 Å². The predicted molar refractivity (Wildman–Crippen MR) is 90.3 cm³/mol. The van der Waals surface area contributed by atoms with Crippen LogP contribution in [0.2, 0.25) is 0 Å². The minimum atomic E-state index is -3.14. The minimum absolute atomic E-state index is 0.104. The lowest BCUT2D eigenvalue weighted by Gasteiger charge is -2.17. The van der Waals surface area contributed by atoms with Crippen LogP contribution in [0.25, 0.3) is 0 Å². The van der Waals surface area contributed by atoms with Gasteiger partial charge in [-0.15, -0.1) is 0 Å². The standard InChI is InChI=1S/C18H19NO3S/c1-13-4-7-16(8-5-13)19-18(20)12-14-6-9-17-15(11-14)3-2-10-23(17,21)22/h4-9,11H,2-3,10,12H2,1H3,(H,19,20). The number of fused-ring (bicyclic) bond motifs is 1. The number of sulfone groups is 1. The summed E-state index contributed by atoms with van der Waals surface area (Å²) in [7, 11) is -3.14. The van der Waals surface area contributed by atoms with Crippen molar-refractivity contribution in [3.05, 3.63) is 59.2 Å². The summed E-state index contributed by atoms with van der Waals surface area (Å²) in [6.45, 7) is 1.99. The highest BCUT2D eigenvalue weighted by Gasteiger charge is 2.23. The zero-order chi connectivity index (χ0) is 16.4. The van der Waals surface area contributed by atoms with Crippen molar-refractivity contribution in [2.45, 2.75) is 31.1 Å². The van der Waals surface area contributed by atoms with E-state index in [0.717, 1.165) is 28.8 Å². The topological polar surface area (TPSA) is 63.2 Å². The summed E-state index contributed by atoms with van der Waals surface area (Å²) in [5.41, 5.74) is 3.57. The number of amides is 1. The van der Waals surface area contributed by atoms with Crippen LogP contribution in [-0.4, -0.2) is 20.1 Å². The summed E-state index contributed by atoms with van der Waals surface area (Å²) in [4.78, 5) is 12.6. The molecule has 1 aliphatic heterocycles. The van der Waals surface area contributed by atoms with Crippen LogP contribution in [0.5, 0.6) is 0 Å². The Hall–Kier alpha value is -2.14. The average molecular weight is 329 g/mol. The van der Waals surface area contributed by atoms with E-state index in [1.54, 1.807) is 12.1 Å². The van der Waals surface area contributed by atoms with Crippen LogP contribution in [-0.2, 0) is 27.5 Å². The molecule has 5 heteroatoms. The molecule has 0 aromatic heterocycles. The number of hydrogen-bond acceptors (Lipinski definition) is 3. The quantitative estimate of drug-likeness (QED) is 0.942. The number of hydrogen-bond donors (Lipinski definition) is 1. The van der Waals surface area contributed by atoms with Gasteiger partial charge in [-0.2, -0.15) is 0 Å². The number of nitrogens with one attached hydrogen (secondary N) is 1. The molecule has 23 heavy (non-hydrogen) atoms. The van der Waals surface area contributed by atoms with E-state index in [4.69, 9.17) is 0 Å². The highest BCUT2D eigenvalue weighted by Crippen LogP contribution is 2.26. The van der Waals surface area contributed by atoms with Gasteiger partial charge in [0.2, 0.25) is 5.91 Å². The van der Waals surface area contributed by atoms with E-state index in [-0.39, 0.29) is 18.1 Å². The largest absolute Gasteiger partial charge is 0.326 e. The van der Waals surface area contributed by atoms with Gasteiger partial charge in [0, 0.05) is 5.69 Å². The Morgan fingerprint density at radius 3 is 2.61 bits per heavy atom. The Bertz CT molecular complexity index is 839. The van der Waals surface area contributed by atoms with Gasteiger partial charge in [0.1, 0.15) is 0 Å². The maximum atomic E-state index is 12.1. The van der Waals surface area contributed by atoms with Crippen LogP contribution in [0, 0.1) is 6.92 Å². The molecule has 0 radical (unpaired) electrons. The van der Waals surface area contributed by atoms with Crippen LogP contribution < -0.4 is 5.32 Å². The second kappa shape index (κ2) is 6.16. The summed E-state index contributed by atoms with van der Waals surface area (Å²) in [5, 5.41) is 2.86. The Labute approximate surface area is 136 Å². The first-order valence-electron chi connectivity index (χ1n) is 7.65. The van der Waals surface area contributed by atoms with Crippen molar-refractivity contribution in [3.63, 3.8) is 0 Å². The summed E-state index contributed by atoms with van der Waals surface area (Å²) >= 11 is 0. The Morgan fingerprint density at radius 2 is 1.87 bits per heavy atom. The molecule has 2 aromatic rings. The highest BCUT2D eigenvalue weighted by molar-refractivity contribution is 7.91. The van der Waals surface area contributed by atoms with Crippen molar-refractivity contribution < 1.29 is 13.2 Å². The molecular formula is C18H19NO3S. The third kappa shape index (κ3) is 3.62. The van der Waals surface area contributed by atoms with E-state index in [1.165, 1.54) is 0 Å². The highest BCUT2D eigenvalue weighted by atomic mass is 32.2. The smallest absolute Gasteiger partial charge is 0.228 e. The molecule has 0 fully saturated rings. The lowest BCUT2D eigenvalue weighted by Crippen LogP contribution is -2.18. The van der Waals surface area contributed by atoms with Gasteiger partial charge in [0.05, 0.1) is 17.1 Å².